The van der Waals surface area contributed by atoms with Crippen LogP contribution in [0.1, 0.15) is 31.7 Å². The average Bonchev–Trinajstić information content (AvgIpc) is 3.04. The summed E-state index contributed by atoms with van der Waals surface area (Å²) >= 11 is 1.09. The molecule has 0 spiro atoms. The lowest BCUT2D eigenvalue weighted by Gasteiger charge is -2.22. The van der Waals surface area contributed by atoms with Gasteiger partial charge in [0, 0.05) is 18.6 Å². The van der Waals surface area contributed by atoms with Crippen molar-refractivity contribution in [1.29, 1.82) is 0 Å². The average molecular weight is 375 g/mol. The molecular weight excluding hydrogens is 354 g/mol. The molecule has 24 heavy (non-hydrogen) atoms. The number of hydrogen-bond acceptors (Lipinski definition) is 8. The van der Waals surface area contributed by atoms with E-state index in [2.05, 4.69) is 22.1 Å². The molecule has 1 fully saturated rings. The molecular formula is C14H21N3O5S2. The quantitative estimate of drug-likeness (QED) is 0.708. The molecule has 2 rings (SSSR count). The highest BCUT2D eigenvalue weighted by atomic mass is 32.2. The van der Waals surface area contributed by atoms with E-state index in [1.807, 2.05) is 0 Å². The minimum Gasteiger partial charge on any atom is -0.395 e. The predicted octanol–water partition coefficient (Wildman–Crippen LogP) is 0.854. The third-order valence-electron chi connectivity index (χ3n) is 3.82. The lowest BCUT2D eigenvalue weighted by molar-refractivity contribution is -0.112. The first-order valence-corrected chi connectivity index (χ1v) is 9.81. The number of aromatic nitrogens is 2. The number of hydrogen-bond donors (Lipinski definition) is 2. The number of nitrogens with zero attached hydrogens (tertiary/aromatic N) is 2. The van der Waals surface area contributed by atoms with Gasteiger partial charge in [-0.1, -0.05) is 31.8 Å². The second kappa shape index (κ2) is 7.26. The van der Waals surface area contributed by atoms with Crippen LogP contribution in [0.3, 0.4) is 0 Å². The molecule has 1 aliphatic rings. The Balaban J connectivity index is 2.08. The molecule has 1 saturated heterocycles. The fourth-order valence-corrected chi connectivity index (χ4v) is 4.45. The van der Waals surface area contributed by atoms with Gasteiger partial charge in [-0.05, 0) is 12.8 Å². The molecule has 1 aromatic heterocycles. The molecule has 10 heteroatoms. The largest absolute Gasteiger partial charge is 0.395 e. The number of sulfone groups is 1. The Bertz CT molecular complexity index is 721. The van der Waals surface area contributed by atoms with Crippen molar-refractivity contribution in [3.8, 4) is 0 Å². The van der Waals surface area contributed by atoms with Crippen molar-refractivity contribution in [1.82, 2.24) is 10.2 Å². The van der Waals surface area contributed by atoms with E-state index >= 15 is 0 Å². The van der Waals surface area contributed by atoms with Crippen LogP contribution in [-0.2, 0) is 24.8 Å². The summed E-state index contributed by atoms with van der Waals surface area (Å²) in [7, 11) is -3.78. The first-order valence-electron chi connectivity index (χ1n) is 7.45. The van der Waals surface area contributed by atoms with Crippen molar-refractivity contribution in [2.24, 2.45) is 0 Å². The number of aliphatic hydroxyl groups excluding tert-OH is 1. The van der Waals surface area contributed by atoms with Crippen LogP contribution in [0.25, 0.3) is 0 Å². The van der Waals surface area contributed by atoms with Gasteiger partial charge in [-0.15, -0.1) is 10.2 Å². The molecule has 2 heterocycles. The van der Waals surface area contributed by atoms with E-state index in [9.17, 15) is 18.3 Å². The summed E-state index contributed by atoms with van der Waals surface area (Å²) in [5, 5.41) is 19.5. The highest BCUT2D eigenvalue weighted by Crippen LogP contribution is 2.29. The lowest BCUT2D eigenvalue weighted by atomic mass is 9.96. The van der Waals surface area contributed by atoms with Crippen LogP contribution >= 0.6 is 11.3 Å². The smallest absolute Gasteiger partial charge is 0.268 e. The Labute approximate surface area is 144 Å². The molecule has 1 amide bonds. The van der Waals surface area contributed by atoms with Crippen LogP contribution in [0.15, 0.2) is 11.5 Å². The zero-order valence-electron chi connectivity index (χ0n) is 13.6. The third kappa shape index (κ3) is 4.00. The van der Waals surface area contributed by atoms with E-state index in [-0.39, 0.29) is 11.7 Å². The van der Waals surface area contributed by atoms with Crippen molar-refractivity contribution in [3.63, 3.8) is 0 Å². The van der Waals surface area contributed by atoms with Gasteiger partial charge in [-0.2, -0.15) is 0 Å². The molecule has 0 unspecified atom stereocenters. The number of carbonyl (C=O) groups is 1. The van der Waals surface area contributed by atoms with E-state index in [4.69, 9.17) is 4.74 Å². The van der Waals surface area contributed by atoms with Crippen molar-refractivity contribution in [2.75, 3.05) is 25.1 Å². The molecule has 0 saturated carbocycles. The summed E-state index contributed by atoms with van der Waals surface area (Å²) in [4.78, 5) is 11.7. The summed E-state index contributed by atoms with van der Waals surface area (Å²) in [6.45, 7) is 7.60. The summed E-state index contributed by atoms with van der Waals surface area (Å²) in [5.74, 6) is -0.814. The molecule has 2 N–H and O–H groups in total. The minimum atomic E-state index is -3.78. The highest BCUT2D eigenvalue weighted by Gasteiger charge is 2.34. The number of amides is 1. The van der Waals surface area contributed by atoms with Gasteiger partial charge in [0.15, 0.2) is 9.84 Å². The van der Waals surface area contributed by atoms with Crippen molar-refractivity contribution < 1.29 is 23.1 Å². The standard InChI is InChI=1S/C14H21N3O5S2/c1-9(24(20,21)10-4-6-22-7-5-10)11(19)15-13-17-16-12(23-13)14(2,3)8-18/h10,18H,1,4-8H2,2-3H3,(H,15,17,19). The molecule has 1 aromatic rings. The van der Waals surface area contributed by atoms with Crippen molar-refractivity contribution >= 4 is 32.2 Å². The van der Waals surface area contributed by atoms with Gasteiger partial charge in [-0.25, -0.2) is 8.42 Å². The fraction of sp³-hybridized carbons (Fsp3) is 0.643. The molecule has 8 nitrogen and oxygen atoms in total. The fourth-order valence-electron chi connectivity index (χ4n) is 2.10. The Kier molecular flexibility index (Phi) is 5.74. The summed E-state index contributed by atoms with van der Waals surface area (Å²) in [6, 6.07) is 0. The van der Waals surface area contributed by atoms with Gasteiger partial charge >= 0.3 is 0 Å². The molecule has 0 atom stereocenters. The summed E-state index contributed by atoms with van der Waals surface area (Å²) < 4.78 is 30.0. The van der Waals surface area contributed by atoms with Gasteiger partial charge < -0.3 is 9.84 Å². The first kappa shape index (κ1) is 19.0. The molecule has 134 valence electrons. The molecule has 1 aliphatic heterocycles. The number of ether oxygens (including phenoxy) is 1. The van der Waals surface area contributed by atoms with Gasteiger partial charge in [0.1, 0.15) is 9.91 Å². The maximum absolute atomic E-state index is 12.4. The second-order valence-electron chi connectivity index (χ2n) is 6.19. The van der Waals surface area contributed by atoms with Gasteiger partial charge in [0.05, 0.1) is 11.9 Å². The zero-order chi connectivity index (χ0) is 18.0. The Morgan fingerprint density at radius 3 is 2.62 bits per heavy atom. The Hall–Kier alpha value is -1.36. The number of rotatable bonds is 6. The number of nitrogens with one attached hydrogen (secondary N) is 1. The predicted molar refractivity (Wildman–Crippen MR) is 90.6 cm³/mol. The van der Waals surface area contributed by atoms with Crippen LogP contribution in [0.4, 0.5) is 5.13 Å². The van der Waals surface area contributed by atoms with E-state index in [1.165, 1.54) is 0 Å². The van der Waals surface area contributed by atoms with Crippen molar-refractivity contribution in [2.45, 2.75) is 37.4 Å². The Morgan fingerprint density at radius 1 is 1.42 bits per heavy atom. The highest BCUT2D eigenvalue weighted by molar-refractivity contribution is 7.96. The molecule has 0 aromatic carbocycles. The Morgan fingerprint density at radius 2 is 2.04 bits per heavy atom. The second-order valence-corrected chi connectivity index (χ2v) is 9.42. The van der Waals surface area contributed by atoms with Crippen molar-refractivity contribution in [3.05, 3.63) is 16.5 Å². The van der Waals surface area contributed by atoms with E-state index < -0.39 is 31.3 Å². The topological polar surface area (TPSA) is 118 Å². The minimum absolute atomic E-state index is 0.125. The number of anilines is 1. The first-order chi connectivity index (χ1) is 11.2. The molecule has 0 radical (unpaired) electrons. The van der Waals surface area contributed by atoms with Gasteiger partial charge in [0.2, 0.25) is 5.13 Å². The van der Waals surface area contributed by atoms with Crippen LogP contribution < -0.4 is 5.32 Å². The summed E-state index contributed by atoms with van der Waals surface area (Å²) in [6.07, 6.45) is 0.699. The van der Waals surface area contributed by atoms with E-state index in [0.717, 1.165) is 11.3 Å². The zero-order valence-corrected chi connectivity index (χ0v) is 15.2. The van der Waals surface area contributed by atoms with Crippen LogP contribution in [-0.4, -0.2) is 54.7 Å². The SMILES string of the molecule is C=C(C(=O)Nc1nnc(C(C)(C)CO)s1)S(=O)(=O)C1CCOCC1. The number of aliphatic hydroxyl groups is 1. The van der Waals surface area contributed by atoms with Crippen LogP contribution in [0, 0.1) is 0 Å². The van der Waals surface area contributed by atoms with Gasteiger partial charge in [-0.3, -0.25) is 10.1 Å². The molecule has 0 bridgehead atoms. The van der Waals surface area contributed by atoms with Crippen LogP contribution in [0.2, 0.25) is 0 Å². The molecule has 0 aliphatic carbocycles. The van der Waals surface area contributed by atoms with Gasteiger partial charge in [0.25, 0.3) is 5.91 Å². The van der Waals surface area contributed by atoms with E-state index in [1.54, 1.807) is 13.8 Å². The third-order valence-corrected chi connectivity index (χ3v) is 7.25. The van der Waals surface area contributed by atoms with Crippen LogP contribution in [0.5, 0.6) is 0 Å². The monoisotopic (exact) mass is 375 g/mol. The normalized spacial score (nSPS) is 16.8. The lowest BCUT2D eigenvalue weighted by Crippen LogP contribution is -2.33. The van der Waals surface area contributed by atoms with E-state index in [0.29, 0.717) is 31.1 Å². The summed E-state index contributed by atoms with van der Waals surface area (Å²) in [5.41, 5.74) is -0.591. The number of carbonyl (C=O) groups excluding carboxylic acids is 1. The maximum atomic E-state index is 12.4. The maximum Gasteiger partial charge on any atom is 0.268 e.